The molecule has 0 saturated carbocycles. The van der Waals surface area contributed by atoms with E-state index in [9.17, 15) is 10.1 Å². The minimum Gasteiger partial charge on any atom is -0.333 e. The standard InChI is InChI=1S/C12H7N5O3/c18-17(19)10-4-2-1-3-8(10)12-15-11(16-20-12)9-7-13-5-6-14-9/h1-7H. The quantitative estimate of drug-likeness (QED) is 0.529. The van der Waals surface area contributed by atoms with Crippen molar-refractivity contribution in [2.75, 3.05) is 0 Å². The molecule has 3 aromatic rings. The molecule has 20 heavy (non-hydrogen) atoms. The van der Waals surface area contributed by atoms with Crippen LogP contribution in [0.5, 0.6) is 0 Å². The molecule has 0 bridgehead atoms. The maximum absolute atomic E-state index is 11.0. The molecular formula is C12H7N5O3. The Balaban J connectivity index is 2.05. The zero-order valence-corrected chi connectivity index (χ0v) is 10.0. The molecule has 3 rings (SSSR count). The first-order valence-electron chi connectivity index (χ1n) is 5.59. The van der Waals surface area contributed by atoms with Crippen LogP contribution in [0.4, 0.5) is 5.69 Å². The van der Waals surface area contributed by atoms with Gasteiger partial charge in [0.15, 0.2) is 0 Å². The first kappa shape index (κ1) is 11.9. The number of benzene rings is 1. The molecule has 0 atom stereocenters. The van der Waals surface area contributed by atoms with Gasteiger partial charge in [0.2, 0.25) is 5.82 Å². The van der Waals surface area contributed by atoms with E-state index in [0.717, 1.165) is 0 Å². The lowest BCUT2D eigenvalue weighted by molar-refractivity contribution is -0.384. The monoisotopic (exact) mass is 269 g/mol. The third-order valence-corrected chi connectivity index (χ3v) is 2.55. The van der Waals surface area contributed by atoms with E-state index < -0.39 is 4.92 Å². The average Bonchev–Trinajstić information content (AvgIpc) is 2.98. The molecule has 0 N–H and O–H groups in total. The smallest absolute Gasteiger partial charge is 0.282 e. The van der Waals surface area contributed by atoms with Crippen LogP contribution in [0, 0.1) is 10.1 Å². The molecular weight excluding hydrogens is 262 g/mol. The second kappa shape index (κ2) is 4.84. The molecule has 2 heterocycles. The van der Waals surface area contributed by atoms with Crippen LogP contribution in [0.1, 0.15) is 0 Å². The Bertz CT molecular complexity index is 757. The van der Waals surface area contributed by atoms with Gasteiger partial charge < -0.3 is 4.52 Å². The fraction of sp³-hybridized carbons (Fsp3) is 0. The van der Waals surface area contributed by atoms with Crippen LogP contribution in [0.3, 0.4) is 0 Å². The number of hydrogen-bond donors (Lipinski definition) is 0. The summed E-state index contributed by atoms with van der Waals surface area (Å²) in [7, 11) is 0. The van der Waals surface area contributed by atoms with Crippen molar-refractivity contribution in [3.05, 3.63) is 53.0 Å². The second-order valence-electron chi connectivity index (χ2n) is 3.79. The number of nitro benzene ring substituents is 1. The van der Waals surface area contributed by atoms with Crippen molar-refractivity contribution < 1.29 is 9.45 Å². The molecule has 2 aromatic heterocycles. The molecule has 98 valence electrons. The summed E-state index contributed by atoms with van der Waals surface area (Å²) in [6.07, 6.45) is 4.50. The highest BCUT2D eigenvalue weighted by molar-refractivity contribution is 5.67. The van der Waals surface area contributed by atoms with E-state index >= 15 is 0 Å². The summed E-state index contributed by atoms with van der Waals surface area (Å²) < 4.78 is 5.06. The third-order valence-electron chi connectivity index (χ3n) is 2.55. The van der Waals surface area contributed by atoms with Crippen LogP contribution in [-0.2, 0) is 0 Å². The summed E-state index contributed by atoms with van der Waals surface area (Å²) in [5, 5.41) is 14.7. The van der Waals surface area contributed by atoms with Gasteiger partial charge in [0.05, 0.1) is 11.1 Å². The maximum atomic E-state index is 11.0. The first-order valence-corrected chi connectivity index (χ1v) is 5.59. The Hall–Kier alpha value is -3.16. The predicted molar refractivity (Wildman–Crippen MR) is 67.4 cm³/mol. The topological polar surface area (TPSA) is 108 Å². The van der Waals surface area contributed by atoms with Gasteiger partial charge in [0.25, 0.3) is 11.6 Å². The third kappa shape index (κ3) is 2.09. The number of rotatable bonds is 3. The van der Waals surface area contributed by atoms with Crippen molar-refractivity contribution in [1.82, 2.24) is 20.1 Å². The molecule has 0 fully saturated rings. The molecule has 1 aromatic carbocycles. The molecule has 0 radical (unpaired) electrons. The van der Waals surface area contributed by atoms with Gasteiger partial charge in [-0.1, -0.05) is 17.3 Å². The van der Waals surface area contributed by atoms with Gasteiger partial charge in [-0.2, -0.15) is 4.98 Å². The van der Waals surface area contributed by atoms with Crippen molar-refractivity contribution in [3.63, 3.8) is 0 Å². The first-order chi connectivity index (χ1) is 9.75. The Morgan fingerprint density at radius 3 is 2.80 bits per heavy atom. The van der Waals surface area contributed by atoms with Crippen LogP contribution < -0.4 is 0 Å². The van der Waals surface area contributed by atoms with E-state index in [1.54, 1.807) is 18.2 Å². The Kier molecular flexibility index (Phi) is 2.88. The van der Waals surface area contributed by atoms with Crippen LogP contribution >= 0.6 is 0 Å². The van der Waals surface area contributed by atoms with Crippen molar-refractivity contribution in [2.24, 2.45) is 0 Å². The normalized spacial score (nSPS) is 10.4. The van der Waals surface area contributed by atoms with Gasteiger partial charge in [-0.3, -0.25) is 15.1 Å². The minimum atomic E-state index is -0.498. The molecule has 0 aliphatic rings. The molecule has 0 saturated heterocycles. The summed E-state index contributed by atoms with van der Waals surface area (Å²) in [5.41, 5.74) is 0.600. The SMILES string of the molecule is O=[N+]([O-])c1ccccc1-c1nc(-c2cnccn2)no1. The summed E-state index contributed by atoms with van der Waals surface area (Å²) in [4.78, 5) is 22.5. The van der Waals surface area contributed by atoms with Crippen molar-refractivity contribution in [2.45, 2.75) is 0 Å². The van der Waals surface area contributed by atoms with E-state index in [2.05, 4.69) is 20.1 Å². The van der Waals surface area contributed by atoms with Gasteiger partial charge in [0.1, 0.15) is 11.3 Å². The number of nitro groups is 1. The Morgan fingerprint density at radius 2 is 2.05 bits per heavy atom. The summed E-state index contributed by atoms with van der Waals surface area (Å²) in [6, 6.07) is 6.16. The van der Waals surface area contributed by atoms with Crippen molar-refractivity contribution in [1.29, 1.82) is 0 Å². The predicted octanol–water partition coefficient (Wildman–Crippen LogP) is 2.10. The van der Waals surface area contributed by atoms with E-state index in [1.807, 2.05) is 0 Å². The molecule has 0 unspecified atom stereocenters. The summed E-state index contributed by atoms with van der Waals surface area (Å²) in [6.45, 7) is 0. The lowest BCUT2D eigenvalue weighted by Crippen LogP contribution is -1.91. The highest BCUT2D eigenvalue weighted by Gasteiger charge is 2.20. The highest BCUT2D eigenvalue weighted by Crippen LogP contribution is 2.29. The zero-order valence-electron chi connectivity index (χ0n) is 10.0. The van der Waals surface area contributed by atoms with Gasteiger partial charge in [0, 0.05) is 18.5 Å². The zero-order chi connectivity index (χ0) is 13.9. The number of nitrogens with zero attached hydrogens (tertiary/aromatic N) is 5. The van der Waals surface area contributed by atoms with E-state index in [-0.39, 0.29) is 23.0 Å². The minimum absolute atomic E-state index is 0.0675. The van der Waals surface area contributed by atoms with Gasteiger partial charge >= 0.3 is 0 Å². The average molecular weight is 269 g/mol. The van der Waals surface area contributed by atoms with Crippen LogP contribution in [0.2, 0.25) is 0 Å². The Morgan fingerprint density at radius 1 is 1.20 bits per heavy atom. The molecule has 0 aliphatic heterocycles. The van der Waals surface area contributed by atoms with E-state index in [0.29, 0.717) is 5.69 Å². The molecule has 0 spiro atoms. The molecule has 8 heteroatoms. The fourth-order valence-electron chi connectivity index (χ4n) is 1.67. The maximum Gasteiger partial charge on any atom is 0.282 e. The van der Waals surface area contributed by atoms with Crippen LogP contribution in [0.25, 0.3) is 23.0 Å². The van der Waals surface area contributed by atoms with E-state index in [4.69, 9.17) is 4.52 Å². The van der Waals surface area contributed by atoms with Gasteiger partial charge in [-0.05, 0) is 6.07 Å². The molecule has 8 nitrogen and oxygen atoms in total. The molecule has 0 aliphatic carbocycles. The lowest BCUT2D eigenvalue weighted by Gasteiger charge is -1.96. The number of aromatic nitrogens is 4. The fourth-order valence-corrected chi connectivity index (χ4v) is 1.67. The van der Waals surface area contributed by atoms with Gasteiger partial charge in [-0.25, -0.2) is 4.98 Å². The largest absolute Gasteiger partial charge is 0.333 e. The Labute approximate surface area is 112 Å². The highest BCUT2D eigenvalue weighted by atomic mass is 16.6. The number of hydrogen-bond acceptors (Lipinski definition) is 7. The van der Waals surface area contributed by atoms with Gasteiger partial charge in [-0.15, -0.1) is 0 Å². The van der Waals surface area contributed by atoms with Crippen molar-refractivity contribution in [3.8, 4) is 23.0 Å². The molecule has 0 amide bonds. The van der Waals surface area contributed by atoms with Crippen LogP contribution in [0.15, 0.2) is 47.4 Å². The van der Waals surface area contributed by atoms with E-state index in [1.165, 1.54) is 24.7 Å². The summed E-state index contributed by atoms with van der Waals surface area (Å²) in [5.74, 6) is 0.296. The summed E-state index contributed by atoms with van der Waals surface area (Å²) >= 11 is 0. The lowest BCUT2D eigenvalue weighted by atomic mass is 10.2. The van der Waals surface area contributed by atoms with Crippen LogP contribution in [-0.4, -0.2) is 25.0 Å². The second-order valence-corrected chi connectivity index (χ2v) is 3.79. The number of para-hydroxylation sites is 1. The van der Waals surface area contributed by atoms with Crippen molar-refractivity contribution >= 4 is 5.69 Å².